The largest absolute Gasteiger partial charge is 0.469 e. The van der Waals surface area contributed by atoms with E-state index in [1.165, 1.54) is 18.4 Å². The summed E-state index contributed by atoms with van der Waals surface area (Å²) in [5, 5.41) is 0. The predicted molar refractivity (Wildman–Crippen MR) is 173 cm³/mol. The smallest absolute Gasteiger partial charge is 0.312 e. The molecule has 5 fully saturated rings. The van der Waals surface area contributed by atoms with Gasteiger partial charge in [-0.1, -0.05) is 74.8 Å². The molecule has 1 aromatic carbocycles. The van der Waals surface area contributed by atoms with Gasteiger partial charge < -0.3 is 4.74 Å². The van der Waals surface area contributed by atoms with Crippen LogP contribution in [0.1, 0.15) is 105 Å². The molecular formula is C38H51BrO3. The summed E-state index contributed by atoms with van der Waals surface area (Å²) in [6.45, 7) is 18.8. The van der Waals surface area contributed by atoms with Gasteiger partial charge in [0.05, 0.1) is 12.5 Å². The Morgan fingerprint density at radius 1 is 0.929 bits per heavy atom. The lowest BCUT2D eigenvalue weighted by atomic mass is 9.32. The number of allylic oxidation sites excluding steroid dienone is 2. The first-order valence-corrected chi connectivity index (χ1v) is 17.2. The fourth-order valence-corrected chi connectivity index (χ4v) is 12.7. The zero-order valence-electron chi connectivity index (χ0n) is 26.9. The number of esters is 1. The Morgan fingerprint density at radius 2 is 1.62 bits per heavy atom. The van der Waals surface area contributed by atoms with Crippen LogP contribution in [0.5, 0.6) is 0 Å². The van der Waals surface area contributed by atoms with E-state index in [0.29, 0.717) is 35.4 Å². The topological polar surface area (TPSA) is 43.4 Å². The van der Waals surface area contributed by atoms with Crippen molar-refractivity contribution in [1.82, 2.24) is 0 Å². The lowest BCUT2D eigenvalue weighted by Gasteiger charge is -2.72. The number of rotatable bonds is 3. The Kier molecular flexibility index (Phi) is 7.16. The van der Waals surface area contributed by atoms with Crippen LogP contribution in [0.3, 0.4) is 0 Å². The third-order valence-electron chi connectivity index (χ3n) is 14.5. The lowest BCUT2D eigenvalue weighted by molar-refractivity contribution is -0.232. The Balaban J connectivity index is 1.41. The van der Waals surface area contributed by atoms with Gasteiger partial charge in [0.25, 0.3) is 0 Å². The molecule has 0 bridgehead atoms. The van der Waals surface area contributed by atoms with Crippen molar-refractivity contribution in [3.05, 3.63) is 52.0 Å². The SMILES string of the molecule is C=C(C)[C@@H]1CC[C@]2(C(=O)OC)CC[C@]3(C)[C@H](CC[C@@H]4[C@@]5(C)C/C(=C\c6ccc(Br)cc6)C(=O)C(C)(C)[C@H]5CC[C@]43C)[C@@H]12. The van der Waals surface area contributed by atoms with Crippen molar-refractivity contribution in [3.63, 3.8) is 0 Å². The van der Waals surface area contributed by atoms with E-state index in [0.717, 1.165) is 60.6 Å². The number of Topliss-reactive ketones (excluding diaryl/α,β-unsaturated/α-hetero) is 1. The van der Waals surface area contributed by atoms with Crippen molar-refractivity contribution in [2.45, 2.75) is 99.3 Å². The summed E-state index contributed by atoms with van der Waals surface area (Å²) >= 11 is 3.56. The van der Waals surface area contributed by atoms with Crippen LogP contribution in [0, 0.1) is 56.7 Å². The van der Waals surface area contributed by atoms with E-state index < -0.39 is 0 Å². The van der Waals surface area contributed by atoms with Crippen molar-refractivity contribution in [1.29, 1.82) is 0 Å². The van der Waals surface area contributed by atoms with Gasteiger partial charge in [-0.2, -0.15) is 0 Å². The van der Waals surface area contributed by atoms with E-state index in [9.17, 15) is 9.59 Å². The van der Waals surface area contributed by atoms with E-state index in [-0.39, 0.29) is 33.0 Å². The minimum atomic E-state index is -0.379. The molecule has 0 aromatic heterocycles. The average molecular weight is 636 g/mol. The first-order valence-electron chi connectivity index (χ1n) is 16.4. The monoisotopic (exact) mass is 634 g/mol. The zero-order valence-corrected chi connectivity index (χ0v) is 28.5. The number of fused-ring (bicyclic) bond motifs is 7. The molecule has 0 radical (unpaired) electrons. The predicted octanol–water partition coefficient (Wildman–Crippen LogP) is 9.84. The Labute approximate surface area is 262 Å². The van der Waals surface area contributed by atoms with Gasteiger partial charge in [-0.15, -0.1) is 0 Å². The van der Waals surface area contributed by atoms with Crippen LogP contribution in [0.2, 0.25) is 0 Å². The van der Waals surface area contributed by atoms with Crippen LogP contribution in [0.25, 0.3) is 6.08 Å². The second kappa shape index (κ2) is 9.91. The number of hydrogen-bond acceptors (Lipinski definition) is 3. The van der Waals surface area contributed by atoms with Gasteiger partial charge in [0.2, 0.25) is 0 Å². The van der Waals surface area contributed by atoms with Gasteiger partial charge in [0.15, 0.2) is 5.78 Å². The molecule has 0 heterocycles. The molecule has 1 aromatic rings. The molecule has 4 heteroatoms. The fourth-order valence-electron chi connectivity index (χ4n) is 12.4. The Bertz CT molecular complexity index is 1340. The highest BCUT2D eigenvalue weighted by molar-refractivity contribution is 9.10. The summed E-state index contributed by atoms with van der Waals surface area (Å²) in [5.41, 5.74) is 2.98. The molecule has 0 spiro atoms. The lowest BCUT2D eigenvalue weighted by Crippen LogP contribution is -2.67. The summed E-state index contributed by atoms with van der Waals surface area (Å²) in [5.74, 6) is 2.50. The maximum Gasteiger partial charge on any atom is 0.312 e. The minimum absolute atomic E-state index is 0.0245. The third kappa shape index (κ3) is 3.94. The van der Waals surface area contributed by atoms with E-state index in [1.54, 1.807) is 7.11 Å². The van der Waals surface area contributed by atoms with E-state index in [2.05, 4.69) is 94.4 Å². The van der Waals surface area contributed by atoms with Gasteiger partial charge in [0, 0.05) is 9.89 Å². The molecule has 3 nitrogen and oxygen atoms in total. The van der Waals surface area contributed by atoms with Crippen LogP contribution < -0.4 is 0 Å². The third-order valence-corrected chi connectivity index (χ3v) is 15.0. The Morgan fingerprint density at radius 3 is 2.26 bits per heavy atom. The van der Waals surface area contributed by atoms with E-state index in [4.69, 9.17) is 4.74 Å². The molecule has 228 valence electrons. The van der Waals surface area contributed by atoms with Crippen LogP contribution in [-0.4, -0.2) is 18.9 Å². The molecule has 6 rings (SSSR count). The van der Waals surface area contributed by atoms with Crippen molar-refractivity contribution in [2.24, 2.45) is 56.7 Å². The molecule has 5 saturated carbocycles. The first-order chi connectivity index (χ1) is 19.7. The van der Waals surface area contributed by atoms with Gasteiger partial charge in [-0.05, 0) is 140 Å². The molecular weight excluding hydrogens is 584 g/mol. The maximum absolute atomic E-state index is 14.1. The number of carbonyl (C=O) groups excluding carboxylic acids is 2. The second-order valence-electron chi connectivity index (χ2n) is 16.3. The van der Waals surface area contributed by atoms with Gasteiger partial charge in [0.1, 0.15) is 0 Å². The fraction of sp³-hybridized carbons (Fsp3) is 0.684. The number of benzene rings is 1. The zero-order chi connectivity index (χ0) is 30.5. The number of carbonyl (C=O) groups is 2. The number of ether oxygens (including phenoxy) is 1. The molecule has 5 aliphatic rings. The quantitative estimate of drug-likeness (QED) is 0.189. The highest BCUT2D eigenvalue weighted by atomic mass is 79.9. The van der Waals surface area contributed by atoms with E-state index in [1.807, 2.05) is 0 Å². The highest BCUT2D eigenvalue weighted by Gasteiger charge is 2.72. The van der Waals surface area contributed by atoms with Crippen molar-refractivity contribution >= 4 is 33.8 Å². The van der Waals surface area contributed by atoms with Gasteiger partial charge >= 0.3 is 5.97 Å². The maximum atomic E-state index is 14.1. The molecule has 0 N–H and O–H groups in total. The molecule has 5 aliphatic carbocycles. The number of halogens is 1. The summed E-state index contributed by atoms with van der Waals surface area (Å²) in [6.07, 6.45) is 11.7. The molecule has 0 unspecified atom stereocenters. The normalized spacial score (nSPS) is 44.9. The number of ketones is 1. The molecule has 0 saturated heterocycles. The number of methoxy groups -OCH3 is 1. The summed E-state index contributed by atoms with van der Waals surface area (Å²) in [7, 11) is 1.59. The van der Waals surface area contributed by atoms with Gasteiger partial charge in [-0.25, -0.2) is 0 Å². The van der Waals surface area contributed by atoms with Crippen LogP contribution in [0.4, 0.5) is 0 Å². The number of hydrogen-bond donors (Lipinski definition) is 0. The van der Waals surface area contributed by atoms with E-state index >= 15 is 0 Å². The summed E-state index contributed by atoms with van der Waals surface area (Å²) in [4.78, 5) is 27.6. The second-order valence-corrected chi connectivity index (χ2v) is 17.2. The molecule has 42 heavy (non-hydrogen) atoms. The highest BCUT2D eigenvalue weighted by Crippen LogP contribution is 2.77. The standard InChI is InChI=1S/C38H51BrO3/c1-23(2)27-15-18-38(33(41)42-8)20-19-36(6)28(31(27)38)13-14-30-35(5)22-25(21-24-9-11-26(39)12-10-24)32(40)34(3,4)29(35)16-17-37(30,36)7/h9-12,21,27-31H,1,13-20,22H2,2-8H3/b25-21+/t27-,28+,29+,30+,31+,35-,36+,37+,38-/m0/s1. The first kappa shape index (κ1) is 30.4. The van der Waals surface area contributed by atoms with Crippen molar-refractivity contribution in [2.75, 3.05) is 7.11 Å². The average Bonchev–Trinajstić information content (AvgIpc) is 3.34. The van der Waals surface area contributed by atoms with Crippen LogP contribution in [-0.2, 0) is 14.3 Å². The Hall–Kier alpha value is -1.68. The summed E-state index contributed by atoms with van der Waals surface area (Å²) in [6, 6.07) is 8.35. The molecule has 0 aliphatic heterocycles. The molecule has 0 amide bonds. The van der Waals surface area contributed by atoms with Crippen molar-refractivity contribution in [3.8, 4) is 0 Å². The minimum Gasteiger partial charge on any atom is -0.469 e. The van der Waals surface area contributed by atoms with Crippen LogP contribution >= 0.6 is 15.9 Å². The van der Waals surface area contributed by atoms with Crippen molar-refractivity contribution < 1.29 is 14.3 Å². The molecule has 9 atom stereocenters. The summed E-state index contributed by atoms with van der Waals surface area (Å²) < 4.78 is 6.60. The van der Waals surface area contributed by atoms with Gasteiger partial charge in [-0.3, -0.25) is 9.59 Å². The van der Waals surface area contributed by atoms with Crippen LogP contribution in [0.15, 0.2) is 46.5 Å².